The maximum Gasteiger partial charge on any atom is 0.307 e. The summed E-state index contributed by atoms with van der Waals surface area (Å²) in [6.07, 6.45) is 41.0. The highest BCUT2D eigenvalue weighted by atomic mass is 16.5. The molecule has 0 aromatic carbocycles. The molecule has 4 nitrogen and oxygen atoms in total. The molecule has 0 rings (SSSR count). The van der Waals surface area contributed by atoms with Gasteiger partial charge in [0.05, 0.1) is 18.9 Å². The van der Waals surface area contributed by atoms with Gasteiger partial charge < -0.3 is 9.84 Å². The minimum Gasteiger partial charge on any atom is -0.481 e. The molecule has 0 saturated carbocycles. The number of ether oxygens (including phenoxy) is 1. The lowest BCUT2D eigenvalue weighted by atomic mass is 9.97. The molecular formula is C37H70O4. The normalized spacial score (nSPS) is 12.2. The zero-order valence-corrected chi connectivity index (χ0v) is 27.6. The van der Waals surface area contributed by atoms with Gasteiger partial charge in [0.15, 0.2) is 0 Å². The van der Waals surface area contributed by atoms with E-state index < -0.39 is 11.9 Å². The fourth-order valence-electron chi connectivity index (χ4n) is 5.55. The van der Waals surface area contributed by atoms with Gasteiger partial charge in [-0.2, -0.15) is 0 Å². The van der Waals surface area contributed by atoms with Crippen LogP contribution in [0.1, 0.15) is 200 Å². The lowest BCUT2D eigenvalue weighted by Gasteiger charge is -2.11. The molecule has 0 radical (unpaired) electrons. The number of carboxylic acid groups (broad SMARTS) is 1. The lowest BCUT2D eigenvalue weighted by molar-refractivity contribution is -0.151. The first-order chi connectivity index (χ1) is 20.1. The number of allylic oxidation sites excluding steroid dienone is 2. The van der Waals surface area contributed by atoms with Crippen LogP contribution in [0.4, 0.5) is 0 Å². The van der Waals surface area contributed by atoms with Crippen LogP contribution in [-0.2, 0) is 14.3 Å². The molecule has 0 spiro atoms. The van der Waals surface area contributed by atoms with Gasteiger partial charge in [-0.15, -0.1) is 0 Å². The maximum absolute atomic E-state index is 11.7. The summed E-state index contributed by atoms with van der Waals surface area (Å²) in [5.74, 6) is -1.88. The molecule has 0 aliphatic heterocycles. The summed E-state index contributed by atoms with van der Waals surface area (Å²) in [5, 5.41) is 9.33. The molecule has 1 unspecified atom stereocenters. The average Bonchev–Trinajstić information content (AvgIpc) is 2.96. The third-order valence-electron chi connectivity index (χ3n) is 8.29. The number of carboxylic acids is 1. The van der Waals surface area contributed by atoms with Crippen molar-refractivity contribution in [1.82, 2.24) is 0 Å². The Balaban J connectivity index is 3.32. The molecule has 0 bridgehead atoms. The molecule has 242 valence electrons. The predicted octanol–water partition coefficient (Wildman–Crippen LogP) is 12.1. The van der Waals surface area contributed by atoms with Gasteiger partial charge in [-0.1, -0.05) is 167 Å². The molecule has 0 aromatic heterocycles. The summed E-state index contributed by atoms with van der Waals surface area (Å²) in [6.45, 7) is 4.60. The number of esters is 1. The molecule has 0 aromatic rings. The van der Waals surface area contributed by atoms with Crippen molar-refractivity contribution in [1.29, 1.82) is 0 Å². The van der Waals surface area contributed by atoms with Crippen molar-refractivity contribution in [2.45, 2.75) is 200 Å². The van der Waals surface area contributed by atoms with E-state index in [1.807, 2.05) is 6.92 Å². The first kappa shape index (κ1) is 39.7. The van der Waals surface area contributed by atoms with Crippen LogP contribution < -0.4 is 0 Å². The van der Waals surface area contributed by atoms with Gasteiger partial charge in [0.25, 0.3) is 0 Å². The summed E-state index contributed by atoms with van der Waals surface area (Å²) in [4.78, 5) is 23.1. The second-order valence-corrected chi connectivity index (χ2v) is 12.4. The fraction of sp³-hybridized carbons (Fsp3) is 0.892. The molecule has 0 amide bonds. The number of hydrogen-bond acceptors (Lipinski definition) is 3. The van der Waals surface area contributed by atoms with Crippen LogP contribution in [0.15, 0.2) is 12.2 Å². The van der Waals surface area contributed by atoms with E-state index >= 15 is 0 Å². The van der Waals surface area contributed by atoms with Gasteiger partial charge in [-0.25, -0.2) is 0 Å². The van der Waals surface area contributed by atoms with E-state index in [-0.39, 0.29) is 12.4 Å². The number of carbonyl (C=O) groups is 2. The van der Waals surface area contributed by atoms with Crippen LogP contribution in [-0.4, -0.2) is 23.7 Å². The van der Waals surface area contributed by atoms with Crippen LogP contribution in [0.5, 0.6) is 0 Å². The summed E-state index contributed by atoms with van der Waals surface area (Å²) < 4.78 is 5.02. The van der Waals surface area contributed by atoms with Crippen molar-refractivity contribution in [2.24, 2.45) is 5.92 Å². The Morgan fingerprint density at radius 3 is 1.27 bits per heavy atom. The molecule has 0 aliphatic carbocycles. The minimum atomic E-state index is -0.886. The standard InChI is InChI=1S/C37H70O4/c1-3-5-6-7-8-9-10-11-12-13-14-15-16-17-18-19-20-21-22-23-24-25-26-27-28-29-30-31-32-35(37(39)40)34-36(38)41-33-4-2/h26-27,35H,3-25,28-34H2,1-2H3,(H,39,40)/b27-26+. The van der Waals surface area contributed by atoms with E-state index in [0.29, 0.717) is 13.0 Å². The molecule has 0 heterocycles. The zero-order chi connectivity index (χ0) is 30.1. The quantitative estimate of drug-likeness (QED) is 0.0478. The monoisotopic (exact) mass is 579 g/mol. The number of carbonyl (C=O) groups excluding carboxylic acids is 1. The topological polar surface area (TPSA) is 63.6 Å². The van der Waals surface area contributed by atoms with Crippen LogP contribution >= 0.6 is 0 Å². The van der Waals surface area contributed by atoms with Crippen molar-refractivity contribution in [3.8, 4) is 0 Å². The first-order valence-electron chi connectivity index (χ1n) is 18.1. The van der Waals surface area contributed by atoms with Gasteiger partial charge >= 0.3 is 11.9 Å². The Morgan fingerprint density at radius 2 is 0.902 bits per heavy atom. The van der Waals surface area contributed by atoms with Gasteiger partial charge in [-0.3, -0.25) is 9.59 Å². The average molecular weight is 579 g/mol. The van der Waals surface area contributed by atoms with Crippen LogP contribution in [0.2, 0.25) is 0 Å². The van der Waals surface area contributed by atoms with Gasteiger partial charge in [0, 0.05) is 0 Å². The fourth-order valence-corrected chi connectivity index (χ4v) is 5.55. The summed E-state index contributed by atoms with van der Waals surface area (Å²) in [7, 11) is 0. The van der Waals surface area contributed by atoms with Crippen LogP contribution in [0.25, 0.3) is 0 Å². The number of hydrogen-bond donors (Lipinski definition) is 1. The number of aliphatic carboxylic acids is 1. The highest BCUT2D eigenvalue weighted by Crippen LogP contribution is 2.17. The second kappa shape index (κ2) is 33.2. The largest absolute Gasteiger partial charge is 0.481 e. The molecule has 0 aliphatic rings. The van der Waals surface area contributed by atoms with E-state index in [9.17, 15) is 14.7 Å². The van der Waals surface area contributed by atoms with Crippen molar-refractivity contribution >= 4 is 11.9 Å². The smallest absolute Gasteiger partial charge is 0.307 e. The van der Waals surface area contributed by atoms with E-state index in [1.165, 1.54) is 141 Å². The van der Waals surface area contributed by atoms with E-state index in [0.717, 1.165) is 32.1 Å². The van der Waals surface area contributed by atoms with Crippen LogP contribution in [0.3, 0.4) is 0 Å². The van der Waals surface area contributed by atoms with Crippen molar-refractivity contribution < 1.29 is 19.4 Å². The Labute approximate surface area is 255 Å². The van der Waals surface area contributed by atoms with Gasteiger partial charge in [0.2, 0.25) is 0 Å². The maximum atomic E-state index is 11.7. The molecular weight excluding hydrogens is 508 g/mol. The van der Waals surface area contributed by atoms with Crippen LogP contribution in [0, 0.1) is 5.92 Å². The highest BCUT2D eigenvalue weighted by molar-refractivity contribution is 5.78. The first-order valence-corrected chi connectivity index (χ1v) is 18.1. The molecule has 1 atom stereocenters. The Morgan fingerprint density at radius 1 is 0.537 bits per heavy atom. The Kier molecular flexibility index (Phi) is 32.1. The van der Waals surface area contributed by atoms with E-state index in [4.69, 9.17) is 4.74 Å². The third kappa shape index (κ3) is 31.4. The third-order valence-corrected chi connectivity index (χ3v) is 8.29. The molecule has 41 heavy (non-hydrogen) atoms. The molecule has 0 fully saturated rings. The van der Waals surface area contributed by atoms with E-state index in [2.05, 4.69) is 19.1 Å². The summed E-state index contributed by atoms with van der Waals surface area (Å²) in [5.41, 5.74) is 0. The molecule has 0 saturated heterocycles. The zero-order valence-electron chi connectivity index (χ0n) is 27.6. The van der Waals surface area contributed by atoms with Gasteiger partial charge in [-0.05, 0) is 38.5 Å². The Bertz CT molecular complexity index is 585. The molecule has 1 N–H and O–H groups in total. The molecule has 4 heteroatoms. The minimum absolute atomic E-state index is 0.00521. The summed E-state index contributed by atoms with van der Waals surface area (Å²) >= 11 is 0. The summed E-state index contributed by atoms with van der Waals surface area (Å²) in [6, 6.07) is 0. The number of unbranched alkanes of at least 4 members (excludes halogenated alkanes) is 24. The number of rotatable bonds is 33. The van der Waals surface area contributed by atoms with Crippen molar-refractivity contribution in [2.75, 3.05) is 6.61 Å². The van der Waals surface area contributed by atoms with Gasteiger partial charge in [0.1, 0.15) is 0 Å². The predicted molar refractivity (Wildman–Crippen MR) is 176 cm³/mol. The van der Waals surface area contributed by atoms with Crippen molar-refractivity contribution in [3.05, 3.63) is 12.2 Å². The Hall–Kier alpha value is -1.32. The second-order valence-electron chi connectivity index (χ2n) is 12.4. The lowest BCUT2D eigenvalue weighted by Crippen LogP contribution is -2.19. The SMILES string of the molecule is CCCCCCCCCCCCCCCCCCCCCCC/C=C/CCCCCC(CC(=O)OCCC)C(=O)O. The van der Waals surface area contributed by atoms with Crippen molar-refractivity contribution in [3.63, 3.8) is 0 Å². The highest BCUT2D eigenvalue weighted by Gasteiger charge is 2.21. The van der Waals surface area contributed by atoms with E-state index in [1.54, 1.807) is 0 Å².